The van der Waals surface area contributed by atoms with Crippen LogP contribution in [0.5, 0.6) is 0 Å². The number of aromatic amines is 1. The molecule has 4 heteroatoms. The van der Waals surface area contributed by atoms with Gasteiger partial charge in [0.15, 0.2) is 0 Å². The van der Waals surface area contributed by atoms with Crippen LogP contribution in [-0.4, -0.2) is 9.97 Å². The van der Waals surface area contributed by atoms with Crippen LogP contribution in [-0.2, 0) is 6.42 Å². The topological polar surface area (TPSA) is 28.7 Å². The summed E-state index contributed by atoms with van der Waals surface area (Å²) in [6.45, 7) is 1.73. The van der Waals surface area contributed by atoms with E-state index in [2.05, 4.69) is 9.97 Å². The molecule has 0 aliphatic rings. The van der Waals surface area contributed by atoms with Crippen molar-refractivity contribution in [3.63, 3.8) is 0 Å². The van der Waals surface area contributed by atoms with Gasteiger partial charge in [-0.25, -0.2) is 9.37 Å². The first kappa shape index (κ1) is 11.1. The smallest absolute Gasteiger partial charge is 0.126 e. The third kappa shape index (κ3) is 2.42. The lowest BCUT2D eigenvalue weighted by molar-refractivity contribution is 0.617. The molecule has 16 heavy (non-hydrogen) atoms. The Morgan fingerprint density at radius 3 is 2.94 bits per heavy atom. The molecule has 2 aromatic rings. The van der Waals surface area contributed by atoms with E-state index in [1.54, 1.807) is 31.5 Å². The normalized spacial score (nSPS) is 12.7. The highest BCUT2D eigenvalue weighted by molar-refractivity contribution is 6.20. The van der Waals surface area contributed by atoms with Gasteiger partial charge in [0.1, 0.15) is 11.6 Å². The number of nitrogens with one attached hydrogen (secondary N) is 1. The molecule has 0 saturated heterocycles. The van der Waals surface area contributed by atoms with E-state index in [9.17, 15) is 4.39 Å². The predicted molar refractivity (Wildman–Crippen MR) is 62.0 cm³/mol. The van der Waals surface area contributed by atoms with Gasteiger partial charge in [0.05, 0.1) is 5.38 Å². The molecule has 0 amide bonds. The van der Waals surface area contributed by atoms with E-state index in [1.807, 2.05) is 0 Å². The fraction of sp³-hybridized carbons (Fsp3) is 0.250. The van der Waals surface area contributed by atoms with Crippen molar-refractivity contribution in [2.24, 2.45) is 0 Å². The SMILES string of the molecule is Cc1cc(C(Cl)Cc2ncc[nH]2)ccc1F. The number of H-pyrrole nitrogens is 1. The predicted octanol–water partition coefficient (Wildman–Crippen LogP) is 3.38. The number of nitrogens with zero attached hydrogens (tertiary/aromatic N) is 1. The number of hydrogen-bond donors (Lipinski definition) is 1. The van der Waals surface area contributed by atoms with Crippen molar-refractivity contribution in [1.82, 2.24) is 9.97 Å². The van der Waals surface area contributed by atoms with Gasteiger partial charge in [-0.15, -0.1) is 11.6 Å². The van der Waals surface area contributed by atoms with Crippen LogP contribution in [0.15, 0.2) is 30.6 Å². The zero-order valence-electron chi connectivity index (χ0n) is 8.87. The van der Waals surface area contributed by atoms with Gasteiger partial charge in [-0.2, -0.15) is 0 Å². The first-order chi connectivity index (χ1) is 7.66. The van der Waals surface area contributed by atoms with Gasteiger partial charge in [0.2, 0.25) is 0 Å². The van der Waals surface area contributed by atoms with E-state index in [0.29, 0.717) is 12.0 Å². The Labute approximate surface area is 98.5 Å². The van der Waals surface area contributed by atoms with E-state index < -0.39 is 0 Å². The summed E-state index contributed by atoms with van der Waals surface area (Å²) in [5.74, 6) is 0.632. The standard InChI is InChI=1S/C12H12ClFN2/c1-8-6-9(2-3-11(8)14)10(13)7-12-15-4-5-16-12/h2-6,10H,7H2,1H3,(H,15,16). The molecule has 0 bridgehead atoms. The number of imidazole rings is 1. The summed E-state index contributed by atoms with van der Waals surface area (Å²) in [4.78, 5) is 7.10. The Morgan fingerprint density at radius 2 is 2.31 bits per heavy atom. The van der Waals surface area contributed by atoms with E-state index in [0.717, 1.165) is 11.4 Å². The van der Waals surface area contributed by atoms with E-state index in [4.69, 9.17) is 11.6 Å². The van der Waals surface area contributed by atoms with E-state index in [1.165, 1.54) is 6.07 Å². The lowest BCUT2D eigenvalue weighted by atomic mass is 10.1. The minimum atomic E-state index is -0.203. The Balaban J connectivity index is 2.14. The molecule has 0 spiro atoms. The maximum absolute atomic E-state index is 13.1. The van der Waals surface area contributed by atoms with Crippen molar-refractivity contribution in [1.29, 1.82) is 0 Å². The lowest BCUT2D eigenvalue weighted by Gasteiger charge is -2.09. The second-order valence-electron chi connectivity index (χ2n) is 3.72. The minimum absolute atomic E-state index is 0.189. The van der Waals surface area contributed by atoms with Gasteiger partial charge in [-0.05, 0) is 24.1 Å². The zero-order valence-corrected chi connectivity index (χ0v) is 9.63. The van der Waals surface area contributed by atoms with Crippen molar-refractivity contribution in [2.75, 3.05) is 0 Å². The summed E-state index contributed by atoms with van der Waals surface area (Å²) in [5.41, 5.74) is 1.53. The Kier molecular flexibility index (Phi) is 3.25. The second-order valence-corrected chi connectivity index (χ2v) is 4.24. The van der Waals surface area contributed by atoms with Crippen LogP contribution in [0.2, 0.25) is 0 Å². The average Bonchev–Trinajstić information content (AvgIpc) is 2.74. The number of aryl methyl sites for hydroxylation is 1. The number of aromatic nitrogens is 2. The fourth-order valence-electron chi connectivity index (χ4n) is 1.56. The summed E-state index contributed by atoms with van der Waals surface area (Å²) in [5, 5.41) is -0.189. The van der Waals surface area contributed by atoms with Crippen LogP contribution >= 0.6 is 11.6 Å². The molecule has 1 aromatic carbocycles. The molecule has 0 radical (unpaired) electrons. The molecule has 1 heterocycles. The van der Waals surface area contributed by atoms with Crippen LogP contribution in [0.25, 0.3) is 0 Å². The third-order valence-corrected chi connectivity index (χ3v) is 2.88. The molecule has 0 fully saturated rings. The molecule has 1 N–H and O–H groups in total. The monoisotopic (exact) mass is 238 g/mol. The van der Waals surface area contributed by atoms with Gasteiger partial charge in [-0.1, -0.05) is 12.1 Å². The largest absolute Gasteiger partial charge is 0.349 e. The van der Waals surface area contributed by atoms with Crippen LogP contribution in [0, 0.1) is 12.7 Å². The Morgan fingerprint density at radius 1 is 1.50 bits per heavy atom. The minimum Gasteiger partial charge on any atom is -0.349 e. The quantitative estimate of drug-likeness (QED) is 0.816. The number of benzene rings is 1. The molecule has 84 valence electrons. The molecule has 0 aliphatic heterocycles. The maximum Gasteiger partial charge on any atom is 0.126 e. The summed E-state index contributed by atoms with van der Waals surface area (Å²) >= 11 is 6.24. The number of rotatable bonds is 3. The number of alkyl halides is 1. The Bertz CT molecular complexity index is 468. The summed E-state index contributed by atoms with van der Waals surface area (Å²) in [7, 11) is 0. The van der Waals surface area contributed by atoms with Crippen LogP contribution in [0.3, 0.4) is 0 Å². The molecular weight excluding hydrogens is 227 g/mol. The summed E-state index contributed by atoms with van der Waals surface area (Å²) in [6, 6.07) is 4.93. The molecule has 1 unspecified atom stereocenters. The molecule has 2 rings (SSSR count). The maximum atomic E-state index is 13.1. The second kappa shape index (κ2) is 4.66. The highest BCUT2D eigenvalue weighted by Gasteiger charge is 2.11. The summed E-state index contributed by atoms with van der Waals surface area (Å²) < 4.78 is 13.1. The fourth-order valence-corrected chi connectivity index (χ4v) is 1.84. The van der Waals surface area contributed by atoms with Gasteiger partial charge >= 0.3 is 0 Å². The highest BCUT2D eigenvalue weighted by Crippen LogP contribution is 2.25. The van der Waals surface area contributed by atoms with Crippen molar-refractivity contribution in [3.8, 4) is 0 Å². The van der Waals surface area contributed by atoms with E-state index >= 15 is 0 Å². The van der Waals surface area contributed by atoms with Crippen LogP contribution < -0.4 is 0 Å². The van der Waals surface area contributed by atoms with Gasteiger partial charge in [0, 0.05) is 18.8 Å². The van der Waals surface area contributed by atoms with Gasteiger partial charge in [0.25, 0.3) is 0 Å². The molecule has 2 nitrogen and oxygen atoms in total. The third-order valence-electron chi connectivity index (χ3n) is 2.47. The first-order valence-corrected chi connectivity index (χ1v) is 5.49. The zero-order chi connectivity index (χ0) is 11.5. The van der Waals surface area contributed by atoms with E-state index in [-0.39, 0.29) is 11.2 Å². The highest BCUT2D eigenvalue weighted by atomic mass is 35.5. The molecule has 0 saturated carbocycles. The van der Waals surface area contributed by atoms with Crippen LogP contribution in [0.1, 0.15) is 22.3 Å². The average molecular weight is 239 g/mol. The Hall–Kier alpha value is -1.35. The van der Waals surface area contributed by atoms with Gasteiger partial charge < -0.3 is 4.98 Å². The summed E-state index contributed by atoms with van der Waals surface area (Å²) in [6.07, 6.45) is 4.06. The van der Waals surface area contributed by atoms with Gasteiger partial charge in [-0.3, -0.25) is 0 Å². The first-order valence-electron chi connectivity index (χ1n) is 5.05. The molecular formula is C12H12ClFN2. The molecule has 0 aliphatic carbocycles. The van der Waals surface area contributed by atoms with Crippen molar-refractivity contribution >= 4 is 11.6 Å². The lowest BCUT2D eigenvalue weighted by Crippen LogP contribution is -1.98. The van der Waals surface area contributed by atoms with Crippen molar-refractivity contribution in [2.45, 2.75) is 18.7 Å². The van der Waals surface area contributed by atoms with Crippen LogP contribution in [0.4, 0.5) is 4.39 Å². The number of hydrogen-bond acceptors (Lipinski definition) is 1. The molecule has 1 atom stereocenters. The number of halogens is 2. The van der Waals surface area contributed by atoms with Crippen molar-refractivity contribution < 1.29 is 4.39 Å². The van der Waals surface area contributed by atoms with Crippen molar-refractivity contribution in [3.05, 3.63) is 53.4 Å². The molecule has 1 aromatic heterocycles.